The lowest BCUT2D eigenvalue weighted by molar-refractivity contribution is 0.0108. The van der Waals surface area contributed by atoms with Gasteiger partial charge >= 0.3 is 6.09 Å². The molecule has 128 valence electrons. The van der Waals surface area contributed by atoms with E-state index in [-0.39, 0.29) is 12.1 Å². The number of amides is 1. The first-order chi connectivity index (χ1) is 10.8. The molecule has 6 nitrogen and oxygen atoms in total. The monoisotopic (exact) mass is 340 g/mol. The van der Waals surface area contributed by atoms with E-state index in [2.05, 4.69) is 9.97 Å². The highest BCUT2D eigenvalue weighted by Gasteiger charge is 2.31. The second kappa shape index (κ2) is 7.34. The van der Waals surface area contributed by atoms with E-state index in [1.807, 2.05) is 37.6 Å². The van der Waals surface area contributed by atoms with Gasteiger partial charge in [-0.25, -0.2) is 14.8 Å². The summed E-state index contributed by atoms with van der Waals surface area (Å²) < 4.78 is 5.53. The lowest BCUT2D eigenvalue weighted by Gasteiger charge is -2.38. The Labute approximate surface area is 142 Å². The molecule has 0 aromatic carbocycles. The van der Waals surface area contributed by atoms with Gasteiger partial charge in [-0.1, -0.05) is 11.6 Å². The molecule has 0 radical (unpaired) electrons. The molecule has 1 aromatic rings. The largest absolute Gasteiger partial charge is 0.444 e. The molecule has 1 aliphatic rings. The highest BCUT2D eigenvalue weighted by molar-refractivity contribution is 6.30. The summed E-state index contributed by atoms with van der Waals surface area (Å²) in [7, 11) is 1.92. The van der Waals surface area contributed by atoms with Crippen LogP contribution >= 0.6 is 11.6 Å². The fourth-order valence-electron chi connectivity index (χ4n) is 2.65. The van der Waals surface area contributed by atoms with E-state index in [9.17, 15) is 4.79 Å². The van der Waals surface area contributed by atoms with E-state index in [1.165, 1.54) is 0 Å². The SMILES string of the molecule is CN(C[C@@H]1CCCCN1C(=O)OC(C)(C)C)c1ncc(Cl)cn1. The molecule has 1 atom stereocenters. The molecule has 2 heterocycles. The zero-order valence-electron chi connectivity index (χ0n) is 14.3. The predicted octanol–water partition coefficient (Wildman–Crippen LogP) is 3.36. The normalized spacial score (nSPS) is 18.7. The van der Waals surface area contributed by atoms with Gasteiger partial charge in [0.15, 0.2) is 0 Å². The van der Waals surface area contributed by atoms with E-state index < -0.39 is 5.60 Å². The van der Waals surface area contributed by atoms with Crippen LogP contribution < -0.4 is 4.90 Å². The Balaban J connectivity index is 2.03. The summed E-state index contributed by atoms with van der Waals surface area (Å²) in [5.74, 6) is 0.601. The van der Waals surface area contributed by atoms with E-state index in [4.69, 9.17) is 16.3 Å². The first-order valence-electron chi connectivity index (χ1n) is 7.94. The van der Waals surface area contributed by atoms with Crippen LogP contribution in [0.1, 0.15) is 40.0 Å². The number of nitrogens with zero attached hydrogens (tertiary/aromatic N) is 4. The quantitative estimate of drug-likeness (QED) is 0.844. The van der Waals surface area contributed by atoms with Crippen molar-refractivity contribution >= 4 is 23.6 Å². The van der Waals surface area contributed by atoms with Gasteiger partial charge in [0.05, 0.1) is 23.5 Å². The number of carbonyl (C=O) groups excluding carboxylic acids is 1. The van der Waals surface area contributed by atoms with Gasteiger partial charge in [-0.05, 0) is 40.0 Å². The van der Waals surface area contributed by atoms with Gasteiger partial charge in [-0.3, -0.25) is 0 Å². The first-order valence-corrected chi connectivity index (χ1v) is 8.32. The van der Waals surface area contributed by atoms with Gasteiger partial charge in [-0.15, -0.1) is 0 Å². The summed E-state index contributed by atoms with van der Waals surface area (Å²) in [4.78, 5) is 24.6. The van der Waals surface area contributed by atoms with Crippen molar-refractivity contribution in [3.8, 4) is 0 Å². The number of hydrogen-bond acceptors (Lipinski definition) is 5. The van der Waals surface area contributed by atoms with E-state index in [1.54, 1.807) is 12.4 Å². The second-order valence-corrected chi connectivity index (χ2v) is 7.34. The molecule has 2 rings (SSSR count). The van der Waals surface area contributed by atoms with Crippen LogP contribution in [0.3, 0.4) is 0 Å². The van der Waals surface area contributed by atoms with E-state index in [0.717, 1.165) is 25.8 Å². The maximum absolute atomic E-state index is 12.4. The minimum Gasteiger partial charge on any atom is -0.444 e. The highest BCUT2D eigenvalue weighted by Crippen LogP contribution is 2.22. The topological polar surface area (TPSA) is 58.6 Å². The molecule has 23 heavy (non-hydrogen) atoms. The van der Waals surface area contributed by atoms with Gasteiger partial charge in [0.1, 0.15) is 5.60 Å². The van der Waals surface area contributed by atoms with Crippen molar-refractivity contribution in [2.45, 2.75) is 51.7 Å². The minimum atomic E-state index is -0.482. The third kappa shape index (κ3) is 5.23. The number of likely N-dealkylation sites (N-methyl/N-ethyl adjacent to an activating group) is 1. The second-order valence-electron chi connectivity index (χ2n) is 6.91. The lowest BCUT2D eigenvalue weighted by Crippen LogP contribution is -2.50. The molecule has 0 spiro atoms. The van der Waals surface area contributed by atoms with Gasteiger partial charge in [-0.2, -0.15) is 0 Å². The first kappa shape index (κ1) is 17.8. The number of likely N-dealkylation sites (tertiary alicyclic amines) is 1. The molecule has 1 aromatic heterocycles. The number of carbonyl (C=O) groups is 1. The summed E-state index contributed by atoms with van der Waals surface area (Å²) >= 11 is 5.82. The third-order valence-corrected chi connectivity index (χ3v) is 3.88. The van der Waals surface area contributed by atoms with E-state index >= 15 is 0 Å². The zero-order chi connectivity index (χ0) is 17.0. The van der Waals surface area contributed by atoms with Gasteiger partial charge in [0, 0.05) is 20.1 Å². The molecular formula is C16H25ClN4O2. The third-order valence-electron chi connectivity index (χ3n) is 3.69. The van der Waals surface area contributed by atoms with E-state index in [0.29, 0.717) is 17.5 Å². The highest BCUT2D eigenvalue weighted by atomic mass is 35.5. The van der Waals surface area contributed by atoms with Gasteiger partial charge in [0.25, 0.3) is 0 Å². The van der Waals surface area contributed by atoms with Crippen LogP contribution in [0, 0.1) is 0 Å². The van der Waals surface area contributed by atoms with Crippen LogP contribution in [0.15, 0.2) is 12.4 Å². The number of piperidine rings is 1. The Morgan fingerprint density at radius 1 is 1.39 bits per heavy atom. The molecule has 1 amide bonds. The minimum absolute atomic E-state index is 0.0999. The average Bonchev–Trinajstić information content (AvgIpc) is 2.46. The van der Waals surface area contributed by atoms with Crippen molar-refractivity contribution < 1.29 is 9.53 Å². The fraction of sp³-hybridized carbons (Fsp3) is 0.688. The van der Waals surface area contributed by atoms with Crippen molar-refractivity contribution in [3.05, 3.63) is 17.4 Å². The molecule has 0 N–H and O–H groups in total. The molecule has 1 aliphatic heterocycles. The summed E-state index contributed by atoms with van der Waals surface area (Å²) in [6.45, 7) is 7.06. The number of hydrogen-bond donors (Lipinski definition) is 0. The maximum atomic E-state index is 12.4. The fourth-order valence-corrected chi connectivity index (χ4v) is 2.75. The van der Waals surface area contributed by atoms with Crippen molar-refractivity contribution in [1.29, 1.82) is 0 Å². The molecule has 0 unspecified atom stereocenters. The Kier molecular flexibility index (Phi) is 5.68. The lowest BCUT2D eigenvalue weighted by atomic mass is 10.0. The van der Waals surface area contributed by atoms with Crippen molar-refractivity contribution in [3.63, 3.8) is 0 Å². The van der Waals surface area contributed by atoms with Crippen molar-refractivity contribution in [2.75, 3.05) is 25.0 Å². The van der Waals surface area contributed by atoms with Gasteiger partial charge < -0.3 is 14.5 Å². The Hall–Kier alpha value is -1.56. The molecule has 1 fully saturated rings. The standard InChI is InChI=1S/C16H25ClN4O2/c1-16(2,3)23-15(22)21-8-6-5-7-13(21)11-20(4)14-18-9-12(17)10-19-14/h9-10,13H,5-8,11H2,1-4H3/t13-/m0/s1. The molecule has 0 saturated carbocycles. The number of aromatic nitrogens is 2. The number of anilines is 1. The number of rotatable bonds is 3. The molecule has 0 bridgehead atoms. The van der Waals surface area contributed by atoms with Crippen LogP contribution in [0.4, 0.5) is 10.7 Å². The Morgan fingerprint density at radius 2 is 2.04 bits per heavy atom. The molecule has 7 heteroatoms. The van der Waals surface area contributed by atoms with Gasteiger partial charge in [0.2, 0.25) is 5.95 Å². The maximum Gasteiger partial charge on any atom is 0.410 e. The summed E-state index contributed by atoms with van der Waals surface area (Å²) in [6.07, 6.45) is 5.99. The van der Waals surface area contributed by atoms with Crippen LogP contribution in [0.2, 0.25) is 5.02 Å². The number of ether oxygens (including phenoxy) is 1. The van der Waals surface area contributed by atoms with Crippen molar-refractivity contribution in [1.82, 2.24) is 14.9 Å². The average molecular weight is 341 g/mol. The Bertz CT molecular complexity index is 530. The molecular weight excluding hydrogens is 316 g/mol. The predicted molar refractivity (Wildman–Crippen MR) is 90.9 cm³/mol. The summed E-state index contributed by atoms with van der Waals surface area (Å²) in [5.41, 5.74) is -0.482. The van der Waals surface area contributed by atoms with Crippen LogP contribution in [0.5, 0.6) is 0 Å². The Morgan fingerprint density at radius 3 is 2.65 bits per heavy atom. The van der Waals surface area contributed by atoms with Crippen LogP contribution in [-0.4, -0.2) is 52.7 Å². The summed E-state index contributed by atoms with van der Waals surface area (Å²) in [5, 5.41) is 0.509. The number of halogens is 1. The van der Waals surface area contributed by atoms with Crippen molar-refractivity contribution in [2.24, 2.45) is 0 Å². The zero-order valence-corrected chi connectivity index (χ0v) is 15.0. The molecule has 0 aliphatic carbocycles. The summed E-state index contributed by atoms with van der Waals surface area (Å²) in [6, 6.07) is 0.0999. The smallest absolute Gasteiger partial charge is 0.410 e. The van der Waals surface area contributed by atoms with Crippen LogP contribution in [-0.2, 0) is 4.74 Å². The molecule has 1 saturated heterocycles. The van der Waals surface area contributed by atoms with Crippen LogP contribution in [0.25, 0.3) is 0 Å².